The number of benzene rings is 2. The van der Waals surface area contributed by atoms with E-state index in [0.29, 0.717) is 53.2 Å². The fourth-order valence-corrected chi connectivity index (χ4v) is 6.34. The monoisotopic (exact) mass is 712 g/mol. The van der Waals surface area contributed by atoms with Crippen molar-refractivity contribution in [2.45, 2.75) is 32.7 Å². The number of esters is 1. The molecule has 0 saturated heterocycles. The summed E-state index contributed by atoms with van der Waals surface area (Å²) in [6, 6.07) is 8.11. The van der Waals surface area contributed by atoms with Crippen molar-refractivity contribution in [1.82, 2.24) is 4.57 Å². The van der Waals surface area contributed by atoms with Crippen LogP contribution in [-0.2, 0) is 9.53 Å². The number of hydrogen-bond acceptors (Lipinski definition) is 8. The first kappa shape index (κ1) is 28.4. The van der Waals surface area contributed by atoms with E-state index in [4.69, 9.17) is 19.2 Å². The number of allylic oxidation sites excluding steroid dienone is 1. The van der Waals surface area contributed by atoms with Crippen molar-refractivity contribution in [3.8, 4) is 17.2 Å². The zero-order chi connectivity index (χ0) is 27.6. The Bertz CT molecular complexity index is 1610. The first-order valence-corrected chi connectivity index (χ1v) is 14.5. The van der Waals surface area contributed by atoms with Gasteiger partial charge in [0, 0.05) is 10.0 Å². The van der Waals surface area contributed by atoms with Crippen LogP contribution in [0.25, 0.3) is 6.08 Å². The summed E-state index contributed by atoms with van der Waals surface area (Å²) in [5.74, 6) is 0.364. The van der Waals surface area contributed by atoms with Crippen LogP contribution in [0.5, 0.6) is 17.2 Å². The molecule has 1 atom stereocenters. The van der Waals surface area contributed by atoms with Crippen LogP contribution < -0.4 is 24.4 Å². The number of phenols is 1. The molecule has 0 bridgehead atoms. The highest BCUT2D eigenvalue weighted by molar-refractivity contribution is 14.1. The first-order chi connectivity index (χ1) is 18.2. The van der Waals surface area contributed by atoms with E-state index in [1.807, 2.05) is 41.6 Å². The summed E-state index contributed by atoms with van der Waals surface area (Å²) < 4.78 is 19.7. The standard InChI is InChI=1S/C27H26BrIN2O6S/c1-5-7-18-22(26(34)37-6-2)23(16-13-15(28)8-9-19(16)35-3)31-25(33)21(38-27(31)30-18)12-14-10-17(29)24(32)20(11-14)36-4/h8-13,23,32H,5-7H2,1-4H3/b21-12+/t23-/m1/s1. The van der Waals surface area contributed by atoms with E-state index in [-0.39, 0.29) is 17.9 Å². The third-order valence-electron chi connectivity index (χ3n) is 5.95. The molecule has 0 amide bonds. The Kier molecular flexibility index (Phi) is 8.99. The van der Waals surface area contributed by atoms with Crippen LogP contribution in [0.3, 0.4) is 0 Å². The van der Waals surface area contributed by atoms with Gasteiger partial charge in [0.15, 0.2) is 16.3 Å². The van der Waals surface area contributed by atoms with Crippen LogP contribution in [0.4, 0.5) is 0 Å². The molecule has 2 aromatic carbocycles. The SMILES string of the molecule is CCCC1=C(C(=O)OCC)[C@@H](c2cc(Br)ccc2OC)n2c(s/c(=C/c3cc(I)c(O)c(OC)c3)c2=O)=N1. The minimum absolute atomic E-state index is 0.0387. The number of thiazole rings is 1. The van der Waals surface area contributed by atoms with Gasteiger partial charge >= 0.3 is 5.97 Å². The molecule has 3 aromatic rings. The Labute approximate surface area is 245 Å². The van der Waals surface area contributed by atoms with Gasteiger partial charge in [-0.25, -0.2) is 9.79 Å². The average molecular weight is 713 g/mol. The number of rotatable bonds is 8. The lowest BCUT2D eigenvalue weighted by Gasteiger charge is -2.27. The van der Waals surface area contributed by atoms with Gasteiger partial charge in [-0.05, 0) is 77.9 Å². The fraction of sp³-hybridized carbons (Fsp3) is 0.296. The van der Waals surface area contributed by atoms with Gasteiger partial charge in [0.05, 0.1) is 40.2 Å². The smallest absolute Gasteiger partial charge is 0.338 e. The predicted molar refractivity (Wildman–Crippen MR) is 158 cm³/mol. The Hall–Kier alpha value is -2.64. The average Bonchev–Trinajstić information content (AvgIpc) is 3.19. The van der Waals surface area contributed by atoms with E-state index in [9.17, 15) is 14.7 Å². The van der Waals surface area contributed by atoms with Crippen molar-refractivity contribution in [2.75, 3.05) is 20.8 Å². The zero-order valence-corrected chi connectivity index (χ0v) is 25.8. The van der Waals surface area contributed by atoms with Crippen molar-refractivity contribution < 1.29 is 24.1 Å². The second-order valence-corrected chi connectivity index (χ2v) is 11.4. The third kappa shape index (κ3) is 5.41. The number of carbonyl (C=O) groups is 1. The molecule has 4 rings (SSSR count). The highest BCUT2D eigenvalue weighted by Gasteiger charge is 2.36. The summed E-state index contributed by atoms with van der Waals surface area (Å²) in [5, 5.41) is 10.2. The molecular weight excluding hydrogens is 687 g/mol. The summed E-state index contributed by atoms with van der Waals surface area (Å²) in [6.45, 7) is 3.94. The van der Waals surface area contributed by atoms with E-state index < -0.39 is 12.0 Å². The minimum atomic E-state index is -0.795. The zero-order valence-electron chi connectivity index (χ0n) is 21.2. The molecule has 0 spiro atoms. The van der Waals surface area contributed by atoms with Gasteiger partial charge in [-0.15, -0.1) is 0 Å². The summed E-state index contributed by atoms with van der Waals surface area (Å²) in [7, 11) is 3.03. The second kappa shape index (κ2) is 12.0. The maximum atomic E-state index is 14.0. The normalized spacial score (nSPS) is 15.2. The summed E-state index contributed by atoms with van der Waals surface area (Å²) >= 11 is 6.77. The molecule has 1 aliphatic heterocycles. The largest absolute Gasteiger partial charge is 0.504 e. The Morgan fingerprint density at radius 1 is 1.21 bits per heavy atom. The van der Waals surface area contributed by atoms with Gasteiger partial charge in [0.2, 0.25) is 0 Å². The van der Waals surface area contributed by atoms with Crippen LogP contribution in [0, 0.1) is 3.57 Å². The number of nitrogens with zero attached hydrogens (tertiary/aromatic N) is 2. The molecule has 0 radical (unpaired) electrons. The summed E-state index contributed by atoms with van der Waals surface area (Å²) in [6.07, 6.45) is 3.03. The molecule has 0 saturated carbocycles. The quantitative estimate of drug-likeness (QED) is 0.270. The minimum Gasteiger partial charge on any atom is -0.504 e. The van der Waals surface area contributed by atoms with Crippen LogP contribution in [-0.4, -0.2) is 36.5 Å². The molecule has 1 aliphatic rings. The van der Waals surface area contributed by atoms with Crippen LogP contribution in [0.1, 0.15) is 43.9 Å². The van der Waals surface area contributed by atoms with Crippen molar-refractivity contribution in [3.63, 3.8) is 0 Å². The van der Waals surface area contributed by atoms with Crippen molar-refractivity contribution >= 4 is 61.9 Å². The summed E-state index contributed by atoms with van der Waals surface area (Å²) in [4.78, 5) is 32.6. The molecule has 8 nitrogen and oxygen atoms in total. The fourth-order valence-electron chi connectivity index (χ4n) is 4.32. The number of methoxy groups -OCH3 is 2. The maximum absolute atomic E-state index is 14.0. The molecule has 11 heteroatoms. The highest BCUT2D eigenvalue weighted by Crippen LogP contribution is 2.38. The Morgan fingerprint density at radius 2 is 1.95 bits per heavy atom. The van der Waals surface area contributed by atoms with E-state index in [1.165, 1.54) is 23.0 Å². The van der Waals surface area contributed by atoms with E-state index in [2.05, 4.69) is 15.9 Å². The number of ether oxygens (including phenoxy) is 3. The van der Waals surface area contributed by atoms with E-state index >= 15 is 0 Å². The number of fused-ring (bicyclic) bond motifs is 1. The number of phenolic OH excluding ortho intramolecular Hbond substituents is 1. The lowest BCUT2D eigenvalue weighted by atomic mass is 9.93. The number of carbonyl (C=O) groups excluding carboxylic acids is 1. The Balaban J connectivity index is 2.05. The van der Waals surface area contributed by atoms with Gasteiger partial charge in [0.25, 0.3) is 5.56 Å². The molecular formula is C27H26BrIN2O6S. The number of hydrogen-bond donors (Lipinski definition) is 1. The van der Waals surface area contributed by atoms with Gasteiger partial charge in [0.1, 0.15) is 11.8 Å². The maximum Gasteiger partial charge on any atom is 0.338 e. The van der Waals surface area contributed by atoms with Gasteiger partial charge in [-0.3, -0.25) is 9.36 Å². The topological polar surface area (TPSA) is 99.4 Å². The highest BCUT2D eigenvalue weighted by atomic mass is 127. The van der Waals surface area contributed by atoms with E-state index in [1.54, 1.807) is 38.3 Å². The second-order valence-electron chi connectivity index (χ2n) is 8.35. The molecule has 1 aromatic heterocycles. The predicted octanol–water partition coefficient (Wildman–Crippen LogP) is 4.67. The lowest BCUT2D eigenvalue weighted by molar-refractivity contribution is -0.139. The molecule has 0 fully saturated rings. The van der Waals surface area contributed by atoms with Gasteiger partial charge in [-0.1, -0.05) is 40.6 Å². The molecule has 38 heavy (non-hydrogen) atoms. The third-order valence-corrected chi connectivity index (χ3v) is 8.25. The van der Waals surface area contributed by atoms with Gasteiger partial charge in [-0.2, -0.15) is 0 Å². The first-order valence-electron chi connectivity index (χ1n) is 11.9. The van der Waals surface area contributed by atoms with E-state index in [0.717, 1.165) is 10.9 Å². The molecule has 0 unspecified atom stereocenters. The van der Waals surface area contributed by atoms with Gasteiger partial charge < -0.3 is 19.3 Å². The molecule has 2 heterocycles. The molecule has 1 N–H and O–H groups in total. The van der Waals surface area contributed by atoms with Crippen molar-refractivity contribution in [3.05, 3.63) is 80.5 Å². The van der Waals surface area contributed by atoms with Crippen molar-refractivity contribution in [2.24, 2.45) is 4.99 Å². The van der Waals surface area contributed by atoms with Crippen LogP contribution in [0.2, 0.25) is 0 Å². The number of aromatic nitrogens is 1. The number of aromatic hydroxyl groups is 1. The van der Waals surface area contributed by atoms with Crippen LogP contribution in [0.15, 0.2) is 55.9 Å². The van der Waals surface area contributed by atoms with Crippen molar-refractivity contribution in [1.29, 1.82) is 0 Å². The summed E-state index contributed by atoms with van der Waals surface area (Å²) in [5.41, 5.74) is 1.93. The lowest BCUT2D eigenvalue weighted by Crippen LogP contribution is -2.40. The molecule has 0 aliphatic carbocycles. The molecule has 200 valence electrons. The Morgan fingerprint density at radius 3 is 2.61 bits per heavy atom. The van der Waals surface area contributed by atoms with Crippen LogP contribution >= 0.6 is 49.9 Å². The number of halogens is 2.